The number of nitrogens with zero attached hydrogens (tertiary/aromatic N) is 1. The molecule has 0 radical (unpaired) electrons. The summed E-state index contributed by atoms with van der Waals surface area (Å²) in [6.45, 7) is 3.86. The Morgan fingerprint density at radius 1 is 1.33 bits per heavy atom. The van der Waals surface area contributed by atoms with Gasteiger partial charge in [0.25, 0.3) is 5.69 Å². The summed E-state index contributed by atoms with van der Waals surface area (Å²) in [6.07, 6.45) is 0. The summed E-state index contributed by atoms with van der Waals surface area (Å²) in [5.74, 6) is -1.01. The molecule has 0 unspecified atom stereocenters. The van der Waals surface area contributed by atoms with E-state index in [0.29, 0.717) is 0 Å². The Labute approximate surface area is 125 Å². The number of thiophene rings is 1. The van der Waals surface area contributed by atoms with Gasteiger partial charge in [0, 0.05) is 17.0 Å². The molecule has 0 saturated carbocycles. The van der Waals surface area contributed by atoms with Crippen molar-refractivity contribution in [2.45, 2.75) is 19.8 Å². The third kappa shape index (κ3) is 2.73. The lowest BCUT2D eigenvalue weighted by Crippen LogP contribution is -2.00. The van der Waals surface area contributed by atoms with Crippen LogP contribution in [0.1, 0.15) is 35.0 Å². The van der Waals surface area contributed by atoms with Gasteiger partial charge in [0.15, 0.2) is 0 Å². The van der Waals surface area contributed by atoms with Gasteiger partial charge in [-0.3, -0.25) is 10.1 Å². The van der Waals surface area contributed by atoms with Crippen LogP contribution in [0.25, 0.3) is 10.4 Å². The van der Waals surface area contributed by atoms with Crippen LogP contribution in [0.15, 0.2) is 24.3 Å². The highest BCUT2D eigenvalue weighted by Crippen LogP contribution is 2.42. The molecule has 0 saturated heterocycles. The Morgan fingerprint density at radius 3 is 2.33 bits per heavy atom. The number of nitro benzene ring substituents is 1. The Morgan fingerprint density at radius 2 is 1.90 bits per heavy atom. The number of rotatable bonds is 4. The molecule has 6 nitrogen and oxygen atoms in total. The molecule has 2 rings (SSSR count). The van der Waals surface area contributed by atoms with Gasteiger partial charge in [-0.25, -0.2) is 4.79 Å². The maximum absolute atomic E-state index is 11.2. The highest BCUT2D eigenvalue weighted by molar-refractivity contribution is 7.18. The van der Waals surface area contributed by atoms with Crippen LogP contribution in [0.2, 0.25) is 0 Å². The van der Waals surface area contributed by atoms with E-state index in [1.807, 2.05) is 13.8 Å². The second kappa shape index (κ2) is 5.53. The summed E-state index contributed by atoms with van der Waals surface area (Å²) < 4.78 is 0. The van der Waals surface area contributed by atoms with Gasteiger partial charge in [-0.15, -0.1) is 11.3 Å². The molecule has 0 aliphatic carbocycles. The van der Waals surface area contributed by atoms with Crippen molar-refractivity contribution in [3.63, 3.8) is 0 Å². The second-order valence-corrected chi connectivity index (χ2v) is 5.87. The number of nitrogen functional groups attached to an aromatic ring is 1. The van der Waals surface area contributed by atoms with E-state index in [-0.39, 0.29) is 22.2 Å². The smallest absolute Gasteiger partial charge is 0.348 e. The molecule has 0 fully saturated rings. The number of benzene rings is 1. The summed E-state index contributed by atoms with van der Waals surface area (Å²) in [4.78, 5) is 22.3. The molecule has 1 aromatic carbocycles. The van der Waals surface area contributed by atoms with Crippen LogP contribution >= 0.6 is 11.3 Å². The first-order valence-electron chi connectivity index (χ1n) is 6.23. The number of hydrogen-bond donors (Lipinski definition) is 2. The van der Waals surface area contributed by atoms with Crippen molar-refractivity contribution in [3.05, 3.63) is 44.8 Å². The van der Waals surface area contributed by atoms with E-state index >= 15 is 0 Å². The van der Waals surface area contributed by atoms with Gasteiger partial charge in [0.2, 0.25) is 0 Å². The predicted molar refractivity (Wildman–Crippen MR) is 81.9 cm³/mol. The van der Waals surface area contributed by atoms with Gasteiger partial charge >= 0.3 is 5.97 Å². The van der Waals surface area contributed by atoms with E-state index in [1.54, 1.807) is 12.1 Å². The van der Waals surface area contributed by atoms with Crippen molar-refractivity contribution >= 4 is 28.7 Å². The highest BCUT2D eigenvalue weighted by Gasteiger charge is 2.23. The number of aromatic carboxylic acids is 1. The van der Waals surface area contributed by atoms with E-state index in [9.17, 15) is 20.0 Å². The molecule has 0 bridgehead atoms. The molecule has 2 aromatic rings. The number of hydrogen-bond acceptors (Lipinski definition) is 5. The predicted octanol–water partition coefficient (Wildman–Crippen LogP) is 3.73. The van der Waals surface area contributed by atoms with Gasteiger partial charge in [0.05, 0.1) is 10.6 Å². The van der Waals surface area contributed by atoms with Crippen molar-refractivity contribution in [2.75, 3.05) is 5.73 Å². The Kier molecular flexibility index (Phi) is 3.95. The minimum absolute atomic E-state index is 0.00664. The minimum atomic E-state index is -1.06. The number of carbonyl (C=O) groups is 1. The fourth-order valence-electron chi connectivity index (χ4n) is 2.14. The third-order valence-electron chi connectivity index (χ3n) is 3.10. The average Bonchev–Trinajstić information content (AvgIpc) is 2.76. The molecule has 0 spiro atoms. The molecular formula is C14H14N2O4S. The van der Waals surface area contributed by atoms with Gasteiger partial charge in [-0.2, -0.15) is 0 Å². The number of nitrogens with two attached hydrogens (primary N) is 1. The molecule has 0 amide bonds. The normalized spacial score (nSPS) is 10.8. The first-order valence-corrected chi connectivity index (χ1v) is 7.04. The molecule has 21 heavy (non-hydrogen) atoms. The summed E-state index contributed by atoms with van der Waals surface area (Å²) in [6, 6.07) is 6.02. The monoisotopic (exact) mass is 306 g/mol. The largest absolute Gasteiger partial charge is 0.477 e. The van der Waals surface area contributed by atoms with Gasteiger partial charge in [-0.05, 0) is 29.2 Å². The van der Waals surface area contributed by atoms with Crippen LogP contribution in [0.3, 0.4) is 0 Å². The molecule has 3 N–H and O–H groups in total. The van der Waals surface area contributed by atoms with Crippen molar-refractivity contribution in [1.82, 2.24) is 0 Å². The molecule has 7 heteroatoms. The van der Waals surface area contributed by atoms with Crippen LogP contribution in [-0.2, 0) is 0 Å². The van der Waals surface area contributed by atoms with Crippen LogP contribution in [0, 0.1) is 10.1 Å². The highest BCUT2D eigenvalue weighted by atomic mass is 32.1. The van der Waals surface area contributed by atoms with E-state index < -0.39 is 10.9 Å². The second-order valence-electron chi connectivity index (χ2n) is 4.85. The number of non-ortho nitro benzene ring substituents is 1. The molecule has 1 heterocycles. The zero-order valence-corrected chi connectivity index (χ0v) is 12.3. The van der Waals surface area contributed by atoms with Crippen molar-refractivity contribution < 1.29 is 14.8 Å². The zero-order chi connectivity index (χ0) is 15.7. The fourth-order valence-corrected chi connectivity index (χ4v) is 3.36. The first kappa shape index (κ1) is 15.0. The summed E-state index contributed by atoms with van der Waals surface area (Å²) in [5, 5.41) is 19.9. The molecule has 1 aromatic heterocycles. The number of anilines is 1. The van der Waals surface area contributed by atoms with E-state index in [2.05, 4.69) is 0 Å². The molecule has 0 aliphatic rings. The van der Waals surface area contributed by atoms with E-state index in [1.165, 1.54) is 12.1 Å². The quantitative estimate of drug-likeness (QED) is 0.661. The standard InChI is InChI=1S/C14H14N2O4S/c1-7(2)10-11(15)13(14(17)18)21-12(10)8-3-5-9(6-4-8)16(19)20/h3-7H,15H2,1-2H3,(H,17,18). The first-order chi connectivity index (χ1) is 9.82. The Hall–Kier alpha value is -2.41. The van der Waals surface area contributed by atoms with Crippen molar-refractivity contribution in [2.24, 2.45) is 0 Å². The Balaban J connectivity index is 2.59. The lowest BCUT2D eigenvalue weighted by Gasteiger charge is -2.08. The lowest BCUT2D eigenvalue weighted by molar-refractivity contribution is -0.384. The SMILES string of the molecule is CC(C)c1c(-c2ccc([N+](=O)[O-])cc2)sc(C(=O)O)c1N. The third-order valence-corrected chi connectivity index (χ3v) is 4.35. The van der Waals surface area contributed by atoms with Crippen LogP contribution in [-0.4, -0.2) is 16.0 Å². The van der Waals surface area contributed by atoms with Gasteiger partial charge < -0.3 is 10.8 Å². The molecular weight excluding hydrogens is 292 g/mol. The van der Waals surface area contributed by atoms with Crippen LogP contribution < -0.4 is 5.73 Å². The summed E-state index contributed by atoms with van der Waals surface area (Å²) in [5.41, 5.74) is 7.71. The van der Waals surface area contributed by atoms with Gasteiger partial charge in [-0.1, -0.05) is 13.8 Å². The maximum atomic E-state index is 11.2. The van der Waals surface area contributed by atoms with Gasteiger partial charge in [0.1, 0.15) is 4.88 Å². The molecule has 110 valence electrons. The number of carboxylic acids is 1. The topological polar surface area (TPSA) is 106 Å². The number of carboxylic acid groups (broad SMARTS) is 1. The number of nitro groups is 1. The van der Waals surface area contributed by atoms with Crippen LogP contribution in [0.4, 0.5) is 11.4 Å². The van der Waals surface area contributed by atoms with Crippen molar-refractivity contribution in [3.8, 4) is 10.4 Å². The fraction of sp³-hybridized carbons (Fsp3) is 0.214. The van der Waals surface area contributed by atoms with E-state index in [0.717, 1.165) is 27.3 Å². The maximum Gasteiger partial charge on any atom is 0.348 e. The lowest BCUT2D eigenvalue weighted by atomic mass is 9.98. The Bertz CT molecular complexity index is 705. The average molecular weight is 306 g/mol. The molecule has 0 atom stereocenters. The zero-order valence-electron chi connectivity index (χ0n) is 11.5. The minimum Gasteiger partial charge on any atom is -0.477 e. The molecule has 0 aliphatic heterocycles. The van der Waals surface area contributed by atoms with Crippen LogP contribution in [0.5, 0.6) is 0 Å². The summed E-state index contributed by atoms with van der Waals surface area (Å²) >= 11 is 1.10. The van der Waals surface area contributed by atoms with Crippen molar-refractivity contribution in [1.29, 1.82) is 0 Å². The van der Waals surface area contributed by atoms with E-state index in [4.69, 9.17) is 5.73 Å². The summed E-state index contributed by atoms with van der Waals surface area (Å²) in [7, 11) is 0.